The zero-order valence-electron chi connectivity index (χ0n) is 82.2. The first-order valence-corrected chi connectivity index (χ1v) is 51.4. The summed E-state index contributed by atoms with van der Waals surface area (Å²) in [6, 6.07) is 169. The number of benzene rings is 21. The summed E-state index contributed by atoms with van der Waals surface area (Å²) in [5.74, 6) is 0. The van der Waals surface area contributed by atoms with Gasteiger partial charge in [0.05, 0.1) is 69.1 Å². The van der Waals surface area contributed by atoms with Crippen molar-refractivity contribution >= 4 is 167 Å². The maximum Gasteiger partial charge on any atom is 0.105 e. The summed E-state index contributed by atoms with van der Waals surface area (Å²) in [6.07, 6.45) is 5.18. The van der Waals surface area contributed by atoms with E-state index < -0.39 is 0 Å². The van der Waals surface area contributed by atoms with Crippen molar-refractivity contribution in [3.05, 3.63) is 498 Å². The number of thiophene rings is 2. The summed E-state index contributed by atoms with van der Waals surface area (Å²) in [7, 11) is 0. The molecule has 0 aliphatic rings. The van der Waals surface area contributed by atoms with Crippen LogP contribution in [0.15, 0.2) is 486 Å². The van der Waals surface area contributed by atoms with Gasteiger partial charge in [0.1, 0.15) is 6.33 Å². The van der Waals surface area contributed by atoms with Gasteiger partial charge in [0.2, 0.25) is 0 Å². The zero-order chi connectivity index (χ0) is 99.4. The predicted molar refractivity (Wildman–Crippen MR) is 621 cm³/mol. The quantitative estimate of drug-likeness (QED) is 0.0808. The number of rotatable bonds is 14. The number of fused-ring (bicyclic) bond motifs is 21. The van der Waals surface area contributed by atoms with Crippen molar-refractivity contribution < 1.29 is 30.3 Å². The van der Waals surface area contributed by atoms with Crippen molar-refractivity contribution in [1.82, 2.24) is 34.5 Å². The summed E-state index contributed by atoms with van der Waals surface area (Å²) < 4.78 is 7.66. The Labute approximate surface area is 881 Å². The van der Waals surface area contributed by atoms with Crippen LogP contribution in [0.1, 0.15) is 46.7 Å². The van der Waals surface area contributed by atoms with E-state index in [0.717, 1.165) is 106 Å². The number of para-hydroxylation sites is 3. The van der Waals surface area contributed by atoms with Gasteiger partial charge in [-0.3, -0.25) is 15.0 Å². The van der Waals surface area contributed by atoms with Gasteiger partial charge in [-0.25, -0.2) is 15.0 Å². The van der Waals surface area contributed by atoms with Gasteiger partial charge in [0.25, 0.3) is 0 Å². The van der Waals surface area contributed by atoms with Crippen LogP contribution in [0.3, 0.4) is 0 Å². The van der Waals surface area contributed by atoms with Crippen molar-refractivity contribution in [3.63, 3.8) is 0 Å². The van der Waals surface area contributed by atoms with Crippen LogP contribution in [-0.2, 0) is 25.5 Å². The molecule has 0 spiro atoms. The van der Waals surface area contributed by atoms with E-state index in [4.69, 9.17) is 30.1 Å². The number of aliphatic hydroxyl groups is 2. The third-order valence-corrected chi connectivity index (χ3v) is 29.7. The van der Waals surface area contributed by atoms with Gasteiger partial charge in [0, 0.05) is 138 Å². The van der Waals surface area contributed by atoms with Gasteiger partial charge in [-0.05, 0) is 200 Å². The van der Waals surface area contributed by atoms with E-state index in [1.807, 2.05) is 65.4 Å². The van der Waals surface area contributed by atoms with Crippen molar-refractivity contribution in [2.45, 2.75) is 58.7 Å². The van der Waals surface area contributed by atoms with Crippen molar-refractivity contribution in [2.24, 2.45) is 0 Å². The average molecular weight is 2120 g/mol. The molecule has 0 saturated carbocycles. The standard InChI is InChI=1S/C42H30N2.C40H24N2S.C34H20N2S.C14H15N2.C5H12O2.Ir/c1-4-12-31(13-5-1)32-20-25-37(26-21-32)43(35-14-6-2-7-15-35)38-27-22-33(23-28-38)34-24-29-42-40(30-34)39-18-10-11-19-41(39)44(42)36-16-8-3-9-17-36;1-3-17-33-30(14-1)31-15-2-4-18-34(31)39-38(33)41-24-36(42-39)28-13-8-11-26(23-28)25-10-7-12-27(22-25)29-19-9-20-35-32-16-5-6-21-37(32)43-40(29)35;1-3-14-27-24(11-1)25-12-2-4-15-28(25)33-32(27)35-20-30(36-33)22-10-7-9-21(19-22)23-16-8-17-29-26-13-5-6-18-31(26)37-34(23)29;1-14(2,3)13-9-12(15-10-16-13)11-7-5-4-6-8-11;1-4(6)3-5(2)7;/h1-30H;1-24H;1-20H;4-7,9-10H,1-3H3;4-7H,3H2,1-2H3;/q;;;-1;;. The summed E-state index contributed by atoms with van der Waals surface area (Å²) >= 11 is 3.73. The summed E-state index contributed by atoms with van der Waals surface area (Å²) in [5.41, 5.74) is 29.8. The number of hydrogen-bond acceptors (Lipinski definition) is 11. The molecule has 148 heavy (non-hydrogen) atoms. The molecule has 0 fully saturated rings. The van der Waals surface area contributed by atoms with E-state index in [2.05, 4.69) is 483 Å². The molecule has 0 amide bonds. The SMILES string of the molecule is CC(C)(C)c1cc(-c2[c-]cccc2)ncn1.CC(O)CC(C)O.[Ir].c1cc(-c2cccc(-c3cccc4c3sc3ccccc34)c2)cc(-c2cnc3c4ccccc4c4ccccc4c3n2)c1.c1cc(-c2cnc3c4ccccc4c4ccccc4c3n2)cc(-c2cccc3c2sc2ccccc23)c1.c1ccc(-c2ccc(N(c3ccccc3)c3ccc(-c4ccc5c(c4)c4ccccc4n5-c4ccccc4)cc3)cc2)cc1. The van der Waals surface area contributed by atoms with Crippen molar-refractivity contribution in [3.8, 4) is 95.1 Å². The molecule has 6 heterocycles. The van der Waals surface area contributed by atoms with Crippen LogP contribution < -0.4 is 4.90 Å². The Morgan fingerprint density at radius 3 is 1.14 bits per heavy atom. The number of aliphatic hydroxyl groups excluding tert-OH is 2. The molecule has 2 atom stereocenters. The van der Waals surface area contributed by atoms with Gasteiger partial charge in [-0.15, -0.1) is 58.6 Å². The second-order valence-electron chi connectivity index (χ2n) is 38.2. The van der Waals surface area contributed by atoms with Crippen molar-refractivity contribution in [2.75, 3.05) is 4.90 Å². The fraction of sp³-hybridized carbons (Fsp3) is 0.0667. The Kier molecular flexibility index (Phi) is 27.4. The van der Waals surface area contributed by atoms with Gasteiger partial charge in [-0.1, -0.05) is 367 Å². The monoisotopic (exact) mass is 2120 g/mol. The molecule has 6 aromatic heterocycles. The Balaban J connectivity index is 0.000000113. The van der Waals surface area contributed by atoms with Crippen LogP contribution >= 0.6 is 22.7 Å². The number of nitrogens with zero attached hydrogens (tertiary/aromatic N) is 8. The minimum absolute atomic E-state index is 0. The van der Waals surface area contributed by atoms with Gasteiger partial charge in [0.15, 0.2) is 0 Å². The fourth-order valence-corrected chi connectivity index (χ4v) is 22.7. The van der Waals surface area contributed by atoms with Crippen LogP contribution in [0.2, 0.25) is 0 Å². The van der Waals surface area contributed by atoms with Crippen LogP contribution in [0, 0.1) is 6.07 Å². The van der Waals surface area contributed by atoms with Crippen LogP contribution in [0.25, 0.3) is 222 Å². The first kappa shape index (κ1) is 95.9. The summed E-state index contributed by atoms with van der Waals surface area (Å²) in [4.78, 5) is 31.3. The molecule has 0 aliphatic heterocycles. The molecular weight excluding hydrogens is 2020 g/mol. The van der Waals surface area contributed by atoms with Crippen LogP contribution in [0.4, 0.5) is 17.1 Å². The normalized spacial score (nSPS) is 11.8. The minimum atomic E-state index is -0.375. The molecule has 21 aromatic carbocycles. The third-order valence-electron chi connectivity index (χ3n) is 27.3. The smallest absolute Gasteiger partial charge is 0.105 e. The molecule has 27 aromatic rings. The molecule has 1 radical (unpaired) electrons. The van der Waals surface area contributed by atoms with Gasteiger partial charge in [-0.2, -0.15) is 0 Å². The van der Waals surface area contributed by atoms with Gasteiger partial charge < -0.3 is 19.7 Å². The molecular formula is C135H101IrN8O2S2-. The molecule has 10 nitrogen and oxygen atoms in total. The largest absolute Gasteiger partial charge is 0.393 e. The Bertz CT molecular complexity index is 9450. The van der Waals surface area contributed by atoms with Gasteiger partial charge >= 0.3 is 0 Å². The van der Waals surface area contributed by atoms with Crippen molar-refractivity contribution in [1.29, 1.82) is 0 Å². The van der Waals surface area contributed by atoms with Crippen LogP contribution in [0.5, 0.6) is 0 Å². The molecule has 0 bridgehead atoms. The van der Waals surface area contributed by atoms with E-state index >= 15 is 0 Å². The maximum atomic E-state index is 8.56. The second-order valence-corrected chi connectivity index (χ2v) is 40.3. The topological polar surface area (TPSA) is 126 Å². The first-order chi connectivity index (χ1) is 72.2. The molecule has 13 heteroatoms. The van der Waals surface area contributed by atoms with E-state index in [0.29, 0.717) is 6.42 Å². The van der Waals surface area contributed by atoms with E-state index in [1.165, 1.54) is 139 Å². The average Bonchev–Trinajstić information content (AvgIpc) is 1.71. The predicted octanol–water partition coefficient (Wildman–Crippen LogP) is 35.9. The zero-order valence-corrected chi connectivity index (χ0v) is 86.2. The Morgan fingerprint density at radius 1 is 0.291 bits per heavy atom. The molecule has 27 rings (SSSR count). The second kappa shape index (κ2) is 42.4. The van der Waals surface area contributed by atoms with E-state index in [-0.39, 0.29) is 37.7 Å². The van der Waals surface area contributed by atoms with Crippen LogP contribution in [-0.4, -0.2) is 56.9 Å². The summed E-state index contributed by atoms with van der Waals surface area (Å²) in [6.45, 7) is 9.76. The molecule has 2 N–H and O–H groups in total. The number of hydrogen-bond donors (Lipinski definition) is 2. The fourth-order valence-electron chi connectivity index (χ4n) is 20.3. The molecule has 2 unspecified atom stereocenters. The van der Waals surface area contributed by atoms with E-state index in [9.17, 15) is 0 Å². The molecule has 0 aliphatic carbocycles. The maximum absolute atomic E-state index is 8.56. The molecule has 0 saturated heterocycles. The number of aromatic nitrogens is 7. The minimum Gasteiger partial charge on any atom is -0.393 e. The summed E-state index contributed by atoms with van der Waals surface area (Å²) in [5, 5.41) is 34.3. The number of anilines is 3. The van der Waals surface area contributed by atoms with E-state index in [1.54, 1.807) is 20.2 Å². The Morgan fingerprint density at radius 2 is 0.655 bits per heavy atom. The molecule has 715 valence electrons. The Hall–Kier alpha value is -17.0. The third kappa shape index (κ3) is 19.5. The first-order valence-electron chi connectivity index (χ1n) is 49.8.